The third-order valence-corrected chi connectivity index (χ3v) is 8.34. The first kappa shape index (κ1) is 25.5. The number of aromatic nitrogens is 1. The summed E-state index contributed by atoms with van der Waals surface area (Å²) in [4.78, 5) is 29.5. The fourth-order valence-electron chi connectivity index (χ4n) is 6.40. The molecule has 2 amide bonds. The van der Waals surface area contributed by atoms with Gasteiger partial charge in [-0.2, -0.15) is 5.26 Å². The van der Waals surface area contributed by atoms with Gasteiger partial charge in [-0.25, -0.2) is 4.90 Å². The van der Waals surface area contributed by atoms with Crippen molar-refractivity contribution in [2.24, 2.45) is 0 Å². The zero-order valence-corrected chi connectivity index (χ0v) is 23.4. The second kappa shape index (κ2) is 9.94. The van der Waals surface area contributed by atoms with Gasteiger partial charge >= 0.3 is 0 Å². The van der Waals surface area contributed by atoms with Crippen LogP contribution < -0.4 is 4.90 Å². The van der Waals surface area contributed by atoms with E-state index in [2.05, 4.69) is 22.8 Å². The van der Waals surface area contributed by atoms with Gasteiger partial charge in [0.1, 0.15) is 0 Å². The van der Waals surface area contributed by atoms with Gasteiger partial charge in [0.25, 0.3) is 11.8 Å². The summed E-state index contributed by atoms with van der Waals surface area (Å²) in [6.07, 6.45) is 0. The lowest BCUT2D eigenvalue weighted by Crippen LogP contribution is -2.29. The molecule has 0 aliphatic carbocycles. The average molecular weight is 566 g/mol. The van der Waals surface area contributed by atoms with Gasteiger partial charge in [-0.1, -0.05) is 97.1 Å². The Morgan fingerprint density at radius 2 is 1.23 bits per heavy atom. The molecular formula is C39H23N3O2. The Hall–Kier alpha value is -6.25. The largest absolute Gasteiger partial charge is 0.308 e. The number of anilines is 1. The number of rotatable bonds is 4. The summed E-state index contributed by atoms with van der Waals surface area (Å²) < 4.78 is 2.09. The smallest absolute Gasteiger partial charge is 0.268 e. The molecular weight excluding hydrogens is 542 g/mol. The van der Waals surface area contributed by atoms with E-state index in [1.807, 2.05) is 109 Å². The number of hydrogen-bond acceptors (Lipinski definition) is 3. The molecule has 0 unspecified atom stereocenters. The molecule has 5 nitrogen and oxygen atoms in total. The van der Waals surface area contributed by atoms with Crippen LogP contribution in [0.25, 0.3) is 49.7 Å². The summed E-state index contributed by atoms with van der Waals surface area (Å²) in [5.74, 6) is -0.708. The van der Waals surface area contributed by atoms with Crippen molar-refractivity contribution in [1.29, 1.82) is 5.26 Å². The lowest BCUT2D eigenvalue weighted by molar-refractivity contribution is 0.0926. The van der Waals surface area contributed by atoms with Crippen molar-refractivity contribution < 1.29 is 9.59 Å². The monoisotopic (exact) mass is 565 g/mol. The van der Waals surface area contributed by atoms with Crippen molar-refractivity contribution in [3.8, 4) is 34.0 Å². The number of amides is 2. The Labute approximate surface area is 253 Å². The van der Waals surface area contributed by atoms with E-state index in [1.165, 1.54) is 4.90 Å². The maximum atomic E-state index is 14.3. The first-order valence-corrected chi connectivity index (χ1v) is 14.3. The SMILES string of the molecule is N#Cc1cccc(-c2cccc3c4ccccc4n(-c4cccc5c4C(=O)N(c4cccc(-c6ccccc6)c4)C5=O)c23)c1. The van der Waals surface area contributed by atoms with Gasteiger partial charge < -0.3 is 4.57 Å². The number of hydrogen-bond donors (Lipinski definition) is 0. The first-order chi connectivity index (χ1) is 21.6. The van der Waals surface area contributed by atoms with E-state index in [1.54, 1.807) is 18.2 Å². The van der Waals surface area contributed by atoms with Crippen molar-refractivity contribution >= 4 is 39.3 Å². The number of para-hydroxylation sites is 2. The summed E-state index contributed by atoms with van der Waals surface area (Å²) in [5.41, 5.74) is 8.04. The van der Waals surface area contributed by atoms with Crippen LogP contribution >= 0.6 is 0 Å². The van der Waals surface area contributed by atoms with Crippen LogP contribution in [-0.4, -0.2) is 16.4 Å². The third kappa shape index (κ3) is 3.79. The lowest BCUT2D eigenvalue weighted by atomic mass is 10.00. The van der Waals surface area contributed by atoms with Crippen molar-refractivity contribution in [2.45, 2.75) is 0 Å². The Bertz CT molecular complexity index is 2340. The Morgan fingerprint density at radius 3 is 2.09 bits per heavy atom. The highest BCUT2D eigenvalue weighted by Gasteiger charge is 2.39. The molecule has 5 heteroatoms. The summed E-state index contributed by atoms with van der Waals surface area (Å²) in [6, 6.07) is 46.9. The second-order valence-electron chi connectivity index (χ2n) is 10.8. The molecule has 0 spiro atoms. The van der Waals surface area contributed by atoms with E-state index < -0.39 is 0 Å². The fourth-order valence-corrected chi connectivity index (χ4v) is 6.40. The van der Waals surface area contributed by atoms with Crippen LogP contribution in [0.1, 0.15) is 26.3 Å². The zero-order valence-electron chi connectivity index (χ0n) is 23.4. The predicted molar refractivity (Wildman–Crippen MR) is 174 cm³/mol. The summed E-state index contributed by atoms with van der Waals surface area (Å²) in [5, 5.41) is 11.6. The Kier molecular flexibility index (Phi) is 5.75. The molecule has 0 saturated carbocycles. The van der Waals surface area contributed by atoms with E-state index in [0.29, 0.717) is 28.1 Å². The van der Waals surface area contributed by atoms with Gasteiger partial charge in [0.2, 0.25) is 0 Å². The number of fused-ring (bicyclic) bond motifs is 4. The highest BCUT2D eigenvalue weighted by molar-refractivity contribution is 6.36. The maximum absolute atomic E-state index is 14.3. The molecule has 0 bridgehead atoms. The number of carbonyl (C=O) groups excluding carboxylic acids is 2. The van der Waals surface area contributed by atoms with Crippen molar-refractivity contribution in [3.05, 3.63) is 156 Å². The summed E-state index contributed by atoms with van der Waals surface area (Å²) in [6.45, 7) is 0. The van der Waals surface area contributed by atoms with Crippen LogP contribution in [0.15, 0.2) is 140 Å². The van der Waals surface area contributed by atoms with Crippen LogP contribution in [0.3, 0.4) is 0 Å². The fraction of sp³-hybridized carbons (Fsp3) is 0. The van der Waals surface area contributed by atoms with Crippen LogP contribution in [0, 0.1) is 11.3 Å². The predicted octanol–water partition coefficient (Wildman–Crippen LogP) is 8.79. The van der Waals surface area contributed by atoms with Crippen molar-refractivity contribution in [2.75, 3.05) is 4.90 Å². The molecule has 44 heavy (non-hydrogen) atoms. The van der Waals surface area contributed by atoms with Gasteiger partial charge in [-0.05, 0) is 59.2 Å². The molecule has 0 saturated heterocycles. The second-order valence-corrected chi connectivity index (χ2v) is 10.8. The third-order valence-electron chi connectivity index (χ3n) is 8.34. The minimum Gasteiger partial charge on any atom is -0.308 e. The molecule has 2 heterocycles. The van der Waals surface area contributed by atoms with Gasteiger partial charge in [-0.3, -0.25) is 9.59 Å². The van der Waals surface area contributed by atoms with Crippen LogP contribution in [0.4, 0.5) is 5.69 Å². The molecule has 8 rings (SSSR count). The average Bonchev–Trinajstić information content (AvgIpc) is 3.56. The molecule has 0 fully saturated rings. The van der Waals surface area contributed by atoms with E-state index in [9.17, 15) is 14.9 Å². The minimum absolute atomic E-state index is 0.347. The van der Waals surface area contributed by atoms with Gasteiger partial charge in [0, 0.05) is 16.3 Å². The van der Waals surface area contributed by atoms with Crippen molar-refractivity contribution in [3.63, 3.8) is 0 Å². The molecule has 1 aromatic heterocycles. The molecule has 0 N–H and O–H groups in total. The lowest BCUT2D eigenvalue weighted by Gasteiger charge is -2.16. The van der Waals surface area contributed by atoms with E-state index in [-0.39, 0.29) is 11.8 Å². The highest BCUT2D eigenvalue weighted by atomic mass is 16.2. The number of imide groups is 1. The maximum Gasteiger partial charge on any atom is 0.268 e. The summed E-state index contributed by atoms with van der Waals surface area (Å²) >= 11 is 0. The first-order valence-electron chi connectivity index (χ1n) is 14.3. The van der Waals surface area contributed by atoms with Gasteiger partial charge in [0.15, 0.2) is 0 Å². The van der Waals surface area contributed by atoms with Crippen molar-refractivity contribution in [1.82, 2.24) is 4.57 Å². The molecule has 1 aliphatic rings. The van der Waals surface area contributed by atoms with Crippen LogP contribution in [-0.2, 0) is 0 Å². The molecule has 7 aromatic rings. The molecule has 0 radical (unpaired) electrons. The number of benzene rings is 6. The molecule has 0 atom stereocenters. The number of carbonyl (C=O) groups is 2. The zero-order chi connectivity index (χ0) is 29.8. The summed E-state index contributed by atoms with van der Waals surface area (Å²) in [7, 11) is 0. The quantitative estimate of drug-likeness (QED) is 0.200. The normalized spacial score (nSPS) is 12.6. The molecule has 206 valence electrons. The van der Waals surface area contributed by atoms with Crippen LogP contribution in [0.5, 0.6) is 0 Å². The van der Waals surface area contributed by atoms with Crippen LogP contribution in [0.2, 0.25) is 0 Å². The molecule has 1 aliphatic heterocycles. The standard InChI is InChI=1S/C39H23N3O2/c40-24-25-10-6-14-28(22-25)30-17-8-18-32-31-16-4-5-20-34(31)42(37(30)32)35-21-9-19-33-36(35)39(44)41(38(33)43)29-15-7-13-27(23-29)26-11-2-1-3-12-26/h1-23H. The minimum atomic E-state index is -0.360. The Balaban J connectivity index is 1.36. The Morgan fingerprint density at radius 1 is 0.545 bits per heavy atom. The number of nitrogens with zero attached hydrogens (tertiary/aromatic N) is 3. The highest BCUT2D eigenvalue weighted by Crippen LogP contribution is 2.41. The van der Waals surface area contributed by atoms with Gasteiger partial charge in [0.05, 0.1) is 45.2 Å². The topological polar surface area (TPSA) is 66.1 Å². The molecule has 6 aromatic carbocycles. The van der Waals surface area contributed by atoms with Gasteiger partial charge in [-0.15, -0.1) is 0 Å². The van der Waals surface area contributed by atoms with E-state index in [4.69, 9.17) is 0 Å². The number of nitriles is 1. The van der Waals surface area contributed by atoms with E-state index in [0.717, 1.165) is 44.1 Å². The van der Waals surface area contributed by atoms with E-state index >= 15 is 0 Å².